The van der Waals surface area contributed by atoms with Gasteiger partial charge in [-0.25, -0.2) is 0 Å². The van der Waals surface area contributed by atoms with Crippen LogP contribution >= 0.6 is 0 Å². The average molecular weight is 473 g/mol. The highest BCUT2D eigenvalue weighted by Gasteiger charge is 2.26. The minimum Gasteiger partial charge on any atom is -0.341 e. The molecule has 0 spiro atoms. The summed E-state index contributed by atoms with van der Waals surface area (Å²) in [5.74, 6) is 1.99. The molecule has 2 aliphatic rings. The third kappa shape index (κ3) is 5.22. The molecule has 2 aromatic carbocycles. The van der Waals surface area contributed by atoms with Gasteiger partial charge in [-0.2, -0.15) is 0 Å². The normalized spacial score (nSPS) is 15.9. The van der Waals surface area contributed by atoms with Gasteiger partial charge in [0.05, 0.1) is 20.0 Å². The second kappa shape index (κ2) is 10.4. The monoisotopic (exact) mass is 472 g/mol. The number of anilines is 2. The van der Waals surface area contributed by atoms with Crippen molar-refractivity contribution in [1.82, 2.24) is 9.80 Å². The van der Waals surface area contributed by atoms with Crippen LogP contribution in [0, 0.1) is 0 Å². The van der Waals surface area contributed by atoms with E-state index in [1.54, 1.807) is 0 Å². The minimum absolute atomic E-state index is 0.498. The fourth-order valence-electron chi connectivity index (χ4n) is 5.32. The first-order valence-electron chi connectivity index (χ1n) is 13.3. The summed E-state index contributed by atoms with van der Waals surface area (Å²) in [6.45, 7) is 21.0. The Balaban J connectivity index is 1.48. The molecule has 0 N–H and O–H groups in total. The Hall–Kier alpha value is -2.88. The van der Waals surface area contributed by atoms with Crippen molar-refractivity contribution in [3.8, 4) is 0 Å². The number of benzene rings is 2. The van der Waals surface area contributed by atoms with Gasteiger partial charge >= 0.3 is 0 Å². The van der Waals surface area contributed by atoms with Gasteiger partial charge in [0.25, 0.3) is 0 Å². The van der Waals surface area contributed by atoms with E-state index in [0.717, 1.165) is 20.0 Å². The molecule has 0 fully saturated rings. The fraction of sp³-hybridized carbons (Fsp3) is 0.484. The Morgan fingerprint density at radius 2 is 0.829 bits per heavy atom. The van der Waals surface area contributed by atoms with Crippen LogP contribution in [-0.4, -0.2) is 29.8 Å². The van der Waals surface area contributed by atoms with Crippen LogP contribution in [0.5, 0.6) is 0 Å². The molecule has 0 saturated heterocycles. The van der Waals surface area contributed by atoms with Gasteiger partial charge in [0.2, 0.25) is 0 Å². The highest BCUT2D eigenvalue weighted by Crippen LogP contribution is 2.38. The van der Waals surface area contributed by atoms with E-state index in [-0.39, 0.29) is 0 Å². The summed E-state index contributed by atoms with van der Waals surface area (Å²) in [6, 6.07) is 13.6. The zero-order valence-electron chi connectivity index (χ0n) is 23.0. The van der Waals surface area contributed by atoms with Gasteiger partial charge in [-0.1, -0.05) is 91.8 Å². The van der Waals surface area contributed by atoms with Gasteiger partial charge in [0.1, 0.15) is 0 Å². The third-order valence-electron chi connectivity index (χ3n) is 7.21. The molecule has 2 heterocycles. The molecule has 0 amide bonds. The Kier molecular flexibility index (Phi) is 7.49. The van der Waals surface area contributed by atoms with Gasteiger partial charge in [-0.05, 0) is 45.9 Å². The molecule has 0 aromatic heterocycles. The lowest BCUT2D eigenvalue weighted by Gasteiger charge is -2.31. The smallest absolute Gasteiger partial charge is 0.0958 e. The molecule has 0 radical (unpaired) electrons. The van der Waals surface area contributed by atoms with E-state index in [2.05, 4.69) is 136 Å². The second-order valence-electron chi connectivity index (χ2n) is 11.3. The predicted molar refractivity (Wildman–Crippen MR) is 151 cm³/mol. The van der Waals surface area contributed by atoms with Crippen molar-refractivity contribution in [1.29, 1.82) is 0 Å². The molecule has 4 nitrogen and oxygen atoms in total. The second-order valence-corrected chi connectivity index (χ2v) is 11.3. The molecule has 0 unspecified atom stereocenters. The molecule has 2 aliphatic heterocycles. The summed E-state index contributed by atoms with van der Waals surface area (Å²) in [5.41, 5.74) is 8.51. The first-order chi connectivity index (χ1) is 16.7. The van der Waals surface area contributed by atoms with Gasteiger partial charge in [0, 0.05) is 36.2 Å². The fourth-order valence-corrected chi connectivity index (χ4v) is 5.32. The molecule has 0 bridgehead atoms. The van der Waals surface area contributed by atoms with Crippen LogP contribution in [0.2, 0.25) is 0 Å². The lowest BCUT2D eigenvalue weighted by atomic mass is 9.92. The predicted octanol–water partition coefficient (Wildman–Crippen LogP) is 7.94. The molecule has 2 aromatic rings. The summed E-state index contributed by atoms with van der Waals surface area (Å²) in [6.07, 6.45) is 9.02. The first-order valence-corrected chi connectivity index (χ1v) is 13.3. The van der Waals surface area contributed by atoms with Gasteiger partial charge in [0.15, 0.2) is 0 Å². The molecule has 4 heteroatoms. The van der Waals surface area contributed by atoms with Crippen LogP contribution in [0.1, 0.15) is 101 Å². The van der Waals surface area contributed by atoms with Crippen LogP contribution in [0.4, 0.5) is 11.4 Å². The Bertz CT molecular complexity index is 941. The van der Waals surface area contributed by atoms with Crippen molar-refractivity contribution in [2.24, 2.45) is 0 Å². The van der Waals surface area contributed by atoms with Crippen LogP contribution in [0.3, 0.4) is 0 Å². The number of hydrogen-bond donors (Lipinski definition) is 0. The molecular weight excluding hydrogens is 428 g/mol. The zero-order chi connectivity index (χ0) is 25.3. The maximum Gasteiger partial charge on any atom is 0.0958 e. The van der Waals surface area contributed by atoms with E-state index >= 15 is 0 Å². The van der Waals surface area contributed by atoms with E-state index in [1.807, 2.05) is 0 Å². The topological polar surface area (TPSA) is 13.0 Å². The summed E-state index contributed by atoms with van der Waals surface area (Å²) < 4.78 is 0. The highest BCUT2D eigenvalue weighted by molar-refractivity contribution is 5.65. The van der Waals surface area contributed by atoms with E-state index in [0.29, 0.717) is 23.7 Å². The number of rotatable bonds is 8. The summed E-state index contributed by atoms with van der Waals surface area (Å²) in [4.78, 5) is 9.69. The van der Waals surface area contributed by atoms with Crippen molar-refractivity contribution >= 4 is 11.4 Å². The van der Waals surface area contributed by atoms with Crippen LogP contribution in [0.15, 0.2) is 61.2 Å². The van der Waals surface area contributed by atoms with Gasteiger partial charge in [-0.15, -0.1) is 0 Å². The van der Waals surface area contributed by atoms with Gasteiger partial charge in [-0.3, -0.25) is 0 Å². The first kappa shape index (κ1) is 25.2. The Morgan fingerprint density at radius 1 is 0.514 bits per heavy atom. The third-order valence-corrected chi connectivity index (χ3v) is 7.21. The molecule has 4 rings (SSSR count). The summed E-state index contributed by atoms with van der Waals surface area (Å²) >= 11 is 0. The lowest BCUT2D eigenvalue weighted by Crippen LogP contribution is -2.36. The van der Waals surface area contributed by atoms with Crippen molar-refractivity contribution in [3.05, 3.63) is 83.5 Å². The van der Waals surface area contributed by atoms with Crippen LogP contribution < -0.4 is 9.80 Å². The molecule has 35 heavy (non-hydrogen) atoms. The SMILES string of the molecule is CC(C)c1cccc(C(C)C)c1N1C=CN(CN2C=CN(c3c(C(C)C)cccc3C(C)C)C2)C1. The number of hydrogen-bond acceptors (Lipinski definition) is 4. The van der Waals surface area contributed by atoms with E-state index in [4.69, 9.17) is 0 Å². The van der Waals surface area contributed by atoms with Crippen LogP contribution in [0.25, 0.3) is 0 Å². The molecule has 0 aliphatic carbocycles. The zero-order valence-corrected chi connectivity index (χ0v) is 23.0. The van der Waals surface area contributed by atoms with Gasteiger partial charge < -0.3 is 19.6 Å². The average Bonchev–Trinajstić information content (AvgIpc) is 3.47. The standard InChI is InChI=1S/C31H44N4/c1-22(2)26-11-9-12-27(23(3)4)30(26)34-17-15-32(20-34)19-33-16-18-35(21-33)31-28(24(5)6)13-10-14-29(31)25(7)8/h9-18,22-25H,19-21H2,1-8H3. The Labute approximate surface area is 213 Å². The molecular formula is C31H44N4. The Morgan fingerprint density at radius 3 is 1.11 bits per heavy atom. The van der Waals surface area contributed by atoms with Crippen LogP contribution in [-0.2, 0) is 0 Å². The van der Waals surface area contributed by atoms with Crippen molar-refractivity contribution in [2.45, 2.75) is 79.1 Å². The van der Waals surface area contributed by atoms with E-state index < -0.39 is 0 Å². The van der Waals surface area contributed by atoms with Crippen molar-refractivity contribution < 1.29 is 0 Å². The summed E-state index contributed by atoms with van der Waals surface area (Å²) in [5, 5.41) is 0. The largest absolute Gasteiger partial charge is 0.341 e. The molecule has 0 atom stereocenters. The lowest BCUT2D eigenvalue weighted by molar-refractivity contribution is 0.250. The molecule has 188 valence electrons. The van der Waals surface area contributed by atoms with Crippen molar-refractivity contribution in [2.75, 3.05) is 29.8 Å². The van der Waals surface area contributed by atoms with E-state index in [1.165, 1.54) is 33.6 Å². The quantitative estimate of drug-likeness (QED) is 0.386. The highest BCUT2D eigenvalue weighted by atomic mass is 15.4. The number of para-hydroxylation sites is 2. The number of nitrogens with zero attached hydrogens (tertiary/aromatic N) is 4. The maximum atomic E-state index is 2.44. The molecule has 0 saturated carbocycles. The summed E-state index contributed by atoms with van der Waals surface area (Å²) in [7, 11) is 0. The van der Waals surface area contributed by atoms with Crippen molar-refractivity contribution in [3.63, 3.8) is 0 Å². The minimum atomic E-state index is 0.498. The maximum absolute atomic E-state index is 2.44. The van der Waals surface area contributed by atoms with E-state index in [9.17, 15) is 0 Å².